The van der Waals surface area contributed by atoms with Crippen LogP contribution in [-0.2, 0) is 26.1 Å². The van der Waals surface area contributed by atoms with Crippen molar-refractivity contribution in [1.29, 1.82) is 0 Å². The first kappa shape index (κ1) is 32.2. The van der Waals surface area contributed by atoms with Gasteiger partial charge in [-0.05, 0) is 30.5 Å². The number of thiazole rings is 1. The minimum absolute atomic E-state index is 0.252. The summed E-state index contributed by atoms with van der Waals surface area (Å²) < 4.78 is 64.8. The number of sulfonamides is 1. The number of alkyl halides is 3. The molecule has 0 bridgehead atoms. The molecule has 0 atom stereocenters. The van der Waals surface area contributed by atoms with E-state index in [9.17, 15) is 31.2 Å². The van der Waals surface area contributed by atoms with E-state index >= 15 is 0 Å². The van der Waals surface area contributed by atoms with E-state index < -0.39 is 28.3 Å². The van der Waals surface area contributed by atoms with Crippen molar-refractivity contribution in [3.05, 3.63) is 52.9 Å². The standard InChI is InChI=1S/C22H23N5O4S3.C4H5F3O2/c1-25(34(30,31)19-6-3-11-32-19)18-5-2-4-15-12-17(24-20(15)18)21-23-13-16(33-21)14-26-7-9-27(10-8-26)22(28)29;1-2-9-3(8)4(5,6)7/h2-6,11-13,24H,7-10,14H2,1H3,(H,28,29);2H2,1H3. The molecule has 1 aromatic carbocycles. The summed E-state index contributed by atoms with van der Waals surface area (Å²) >= 11 is 2.77. The van der Waals surface area contributed by atoms with Crippen LogP contribution in [-0.4, -0.2) is 91.4 Å². The Morgan fingerprint density at radius 2 is 1.88 bits per heavy atom. The number of esters is 1. The number of anilines is 1. The van der Waals surface area contributed by atoms with E-state index in [1.807, 2.05) is 24.4 Å². The lowest BCUT2D eigenvalue weighted by molar-refractivity contribution is -0.199. The summed E-state index contributed by atoms with van der Waals surface area (Å²) in [6.45, 7) is 4.18. The fourth-order valence-electron chi connectivity index (χ4n) is 4.23. The SMILES string of the molecule is CCOC(=O)C(F)(F)F.CN(c1cccc2cc(-c3ncc(CN4CCN(C(=O)O)CC4)s3)[nH]c12)S(=O)(=O)c1cccs1. The van der Waals surface area contributed by atoms with Gasteiger partial charge < -0.3 is 19.7 Å². The summed E-state index contributed by atoms with van der Waals surface area (Å²) in [5.41, 5.74) is 2.14. The maximum absolute atomic E-state index is 13.0. The number of H-pyrrole nitrogens is 1. The van der Waals surface area contributed by atoms with Gasteiger partial charge in [-0.15, -0.1) is 22.7 Å². The molecule has 43 heavy (non-hydrogen) atoms. The van der Waals surface area contributed by atoms with Gasteiger partial charge in [-0.3, -0.25) is 9.21 Å². The molecule has 3 aromatic heterocycles. The number of benzene rings is 1. The number of hydrogen-bond acceptors (Lipinski definition) is 9. The molecule has 2 N–H and O–H groups in total. The summed E-state index contributed by atoms with van der Waals surface area (Å²) in [4.78, 5) is 33.5. The second-order valence-corrected chi connectivity index (χ2v) is 13.5. The smallest absolute Gasteiger partial charge is 0.465 e. The molecule has 0 radical (unpaired) electrons. The first-order valence-corrected chi connectivity index (χ1v) is 16.0. The predicted octanol–water partition coefficient (Wildman–Crippen LogP) is 5.09. The lowest BCUT2D eigenvalue weighted by atomic mass is 10.2. The Bertz CT molecular complexity index is 1660. The number of carbonyl (C=O) groups is 2. The number of halogens is 3. The van der Waals surface area contributed by atoms with Crippen LogP contribution in [0.3, 0.4) is 0 Å². The van der Waals surface area contributed by atoms with E-state index in [4.69, 9.17) is 5.11 Å². The molecule has 1 fully saturated rings. The van der Waals surface area contributed by atoms with Gasteiger partial charge >= 0.3 is 18.2 Å². The maximum Gasteiger partial charge on any atom is 0.490 e. The van der Waals surface area contributed by atoms with Crippen molar-refractivity contribution in [2.75, 3.05) is 44.1 Å². The lowest BCUT2D eigenvalue weighted by Crippen LogP contribution is -2.47. The Morgan fingerprint density at radius 3 is 2.47 bits per heavy atom. The third kappa shape index (κ3) is 7.65. The number of aromatic nitrogens is 2. The molecular weight excluding hydrogens is 632 g/mol. The minimum Gasteiger partial charge on any atom is -0.465 e. The highest BCUT2D eigenvalue weighted by Gasteiger charge is 2.40. The molecule has 0 saturated carbocycles. The van der Waals surface area contributed by atoms with Crippen molar-refractivity contribution >= 4 is 61.3 Å². The number of carboxylic acid groups (broad SMARTS) is 1. The third-order valence-corrected chi connectivity index (χ3v) is 10.6. The van der Waals surface area contributed by atoms with E-state index in [0.717, 1.165) is 33.0 Å². The zero-order valence-corrected chi connectivity index (χ0v) is 25.4. The molecule has 232 valence electrons. The minimum atomic E-state index is -4.85. The second-order valence-electron chi connectivity index (χ2n) is 9.22. The Morgan fingerprint density at radius 1 is 1.16 bits per heavy atom. The van der Waals surface area contributed by atoms with Crippen LogP contribution in [0.15, 0.2) is 52.2 Å². The van der Waals surface area contributed by atoms with Gasteiger partial charge in [-0.2, -0.15) is 13.2 Å². The van der Waals surface area contributed by atoms with Gasteiger partial charge in [0.15, 0.2) is 0 Å². The molecule has 0 unspecified atom stereocenters. The molecule has 4 aromatic rings. The monoisotopic (exact) mass is 659 g/mol. The summed E-state index contributed by atoms with van der Waals surface area (Å²) in [6.07, 6.45) is -3.87. The highest BCUT2D eigenvalue weighted by atomic mass is 32.2. The maximum atomic E-state index is 13.0. The zero-order chi connectivity index (χ0) is 31.4. The molecule has 5 rings (SSSR count). The molecule has 17 heteroatoms. The molecule has 1 aliphatic rings. The zero-order valence-electron chi connectivity index (χ0n) is 23.0. The first-order valence-electron chi connectivity index (χ1n) is 12.8. The quantitative estimate of drug-likeness (QED) is 0.262. The molecule has 1 saturated heterocycles. The highest BCUT2D eigenvalue weighted by molar-refractivity contribution is 7.94. The van der Waals surface area contributed by atoms with Crippen LogP contribution in [0.5, 0.6) is 0 Å². The summed E-state index contributed by atoms with van der Waals surface area (Å²) in [7, 11) is -2.08. The molecular formula is C26H28F3N5O6S3. The van der Waals surface area contributed by atoms with Crippen molar-refractivity contribution in [3.8, 4) is 10.7 Å². The van der Waals surface area contributed by atoms with Gasteiger partial charge in [-0.1, -0.05) is 18.2 Å². The summed E-state index contributed by atoms with van der Waals surface area (Å²) in [6, 6.07) is 10.9. The second kappa shape index (κ2) is 13.3. The van der Waals surface area contributed by atoms with Crippen LogP contribution in [0.1, 0.15) is 11.8 Å². The molecule has 11 nitrogen and oxygen atoms in total. The number of amides is 1. The fourth-order valence-corrected chi connectivity index (χ4v) is 7.52. The summed E-state index contributed by atoms with van der Waals surface area (Å²) in [5.74, 6) is -2.13. The van der Waals surface area contributed by atoms with Crippen LogP contribution < -0.4 is 4.31 Å². The number of ether oxygens (including phenoxy) is 1. The van der Waals surface area contributed by atoms with Crippen LogP contribution in [0, 0.1) is 0 Å². The largest absolute Gasteiger partial charge is 0.490 e. The average Bonchev–Trinajstić information content (AvgIpc) is 3.74. The van der Waals surface area contributed by atoms with Gasteiger partial charge in [0.1, 0.15) is 9.22 Å². The Balaban J connectivity index is 0.000000410. The van der Waals surface area contributed by atoms with E-state index in [0.29, 0.717) is 36.1 Å². The molecule has 0 aliphatic carbocycles. The Hall–Kier alpha value is -3.67. The number of para-hydroxylation sites is 1. The highest BCUT2D eigenvalue weighted by Crippen LogP contribution is 2.35. The van der Waals surface area contributed by atoms with Gasteiger partial charge in [0.2, 0.25) is 0 Å². The van der Waals surface area contributed by atoms with Gasteiger partial charge in [-0.25, -0.2) is 23.0 Å². The van der Waals surface area contributed by atoms with E-state index in [2.05, 4.69) is 19.6 Å². The Kier molecular flexibility index (Phi) is 9.99. The first-order chi connectivity index (χ1) is 20.3. The van der Waals surface area contributed by atoms with Crippen molar-refractivity contribution in [2.45, 2.75) is 23.9 Å². The average molecular weight is 660 g/mol. The normalized spacial score (nSPS) is 14.3. The Labute approximate surface area is 253 Å². The molecule has 0 spiro atoms. The van der Waals surface area contributed by atoms with Crippen molar-refractivity contribution in [1.82, 2.24) is 19.8 Å². The van der Waals surface area contributed by atoms with Crippen LogP contribution in [0.2, 0.25) is 0 Å². The predicted molar refractivity (Wildman–Crippen MR) is 157 cm³/mol. The van der Waals surface area contributed by atoms with E-state index in [1.165, 1.54) is 27.5 Å². The molecule has 1 aliphatic heterocycles. The van der Waals surface area contributed by atoms with Crippen molar-refractivity contribution in [2.24, 2.45) is 0 Å². The third-order valence-electron chi connectivity index (χ3n) is 6.40. The van der Waals surface area contributed by atoms with Crippen LogP contribution >= 0.6 is 22.7 Å². The van der Waals surface area contributed by atoms with Gasteiger partial charge in [0.05, 0.1) is 23.5 Å². The number of nitrogens with zero attached hydrogens (tertiary/aromatic N) is 4. The number of thiophene rings is 1. The van der Waals surface area contributed by atoms with Crippen molar-refractivity contribution < 1.29 is 41.0 Å². The van der Waals surface area contributed by atoms with Crippen LogP contribution in [0.25, 0.3) is 21.6 Å². The molecule has 4 heterocycles. The summed E-state index contributed by atoms with van der Waals surface area (Å²) in [5, 5.41) is 12.6. The lowest BCUT2D eigenvalue weighted by Gasteiger charge is -2.32. The molecule has 1 amide bonds. The number of rotatable bonds is 7. The number of fused-ring (bicyclic) bond motifs is 1. The number of piperazine rings is 1. The van der Waals surface area contributed by atoms with E-state index in [1.54, 1.807) is 42.0 Å². The topological polar surface area (TPSA) is 136 Å². The number of hydrogen-bond donors (Lipinski definition) is 2. The van der Waals surface area contributed by atoms with Crippen molar-refractivity contribution in [3.63, 3.8) is 0 Å². The number of nitrogens with one attached hydrogen (secondary N) is 1. The van der Waals surface area contributed by atoms with E-state index in [-0.39, 0.29) is 6.61 Å². The number of aromatic amines is 1. The fraction of sp³-hybridized carbons (Fsp3) is 0.346. The van der Waals surface area contributed by atoms with Gasteiger partial charge in [0, 0.05) is 56.2 Å². The van der Waals surface area contributed by atoms with Gasteiger partial charge in [0.25, 0.3) is 10.0 Å². The van der Waals surface area contributed by atoms with Crippen LogP contribution in [0.4, 0.5) is 23.7 Å². The number of carbonyl (C=O) groups excluding carboxylic acids is 1.